The van der Waals surface area contributed by atoms with Gasteiger partial charge in [0.15, 0.2) is 0 Å². The number of aryl methyl sites for hydroxylation is 2. The highest BCUT2D eigenvalue weighted by Gasteiger charge is 2.11. The minimum Gasteiger partial charge on any atom is -0.494 e. The van der Waals surface area contributed by atoms with E-state index in [0.29, 0.717) is 25.1 Å². The van der Waals surface area contributed by atoms with Crippen LogP contribution in [-0.2, 0) is 13.0 Å². The molecule has 0 unspecified atom stereocenters. The fourth-order valence-corrected chi connectivity index (χ4v) is 3.94. The third-order valence-corrected chi connectivity index (χ3v) is 6.07. The van der Waals surface area contributed by atoms with E-state index >= 15 is 0 Å². The number of unbranched alkanes of at least 4 members (excludes halogenated alkanes) is 1. The van der Waals surface area contributed by atoms with Crippen LogP contribution in [0.3, 0.4) is 0 Å². The summed E-state index contributed by atoms with van der Waals surface area (Å²) in [5.74, 6) is 1.17. The SMILES string of the molecule is Cc1cc(OCCCCn2c(CCNC(=O)c3ccc(F)cc3)nc3ccccc32)ccc1Cl. The number of nitrogens with zero attached hydrogens (tertiary/aromatic N) is 2. The van der Waals surface area contributed by atoms with E-state index in [1.165, 1.54) is 24.3 Å². The van der Waals surface area contributed by atoms with Gasteiger partial charge in [0.2, 0.25) is 0 Å². The average Bonchev–Trinajstić information content (AvgIpc) is 3.19. The molecule has 0 aliphatic rings. The lowest BCUT2D eigenvalue weighted by atomic mass is 10.2. The molecule has 0 saturated carbocycles. The van der Waals surface area contributed by atoms with Crippen molar-refractivity contribution in [3.05, 3.63) is 94.5 Å². The summed E-state index contributed by atoms with van der Waals surface area (Å²) in [7, 11) is 0. The van der Waals surface area contributed by atoms with Crippen molar-refractivity contribution in [3.63, 3.8) is 0 Å². The fraction of sp³-hybridized carbons (Fsp3) is 0.259. The van der Waals surface area contributed by atoms with Crippen molar-refractivity contribution in [2.75, 3.05) is 13.2 Å². The Morgan fingerprint density at radius 3 is 2.68 bits per heavy atom. The maximum absolute atomic E-state index is 13.1. The van der Waals surface area contributed by atoms with Crippen LogP contribution in [0, 0.1) is 12.7 Å². The lowest BCUT2D eigenvalue weighted by Gasteiger charge is -2.11. The Bertz CT molecular complexity index is 1270. The number of carbonyl (C=O) groups excluding carboxylic acids is 1. The molecule has 176 valence electrons. The number of halogens is 2. The van der Waals surface area contributed by atoms with Gasteiger partial charge in [-0.3, -0.25) is 4.79 Å². The van der Waals surface area contributed by atoms with Gasteiger partial charge in [-0.1, -0.05) is 23.7 Å². The first-order chi connectivity index (χ1) is 16.5. The Morgan fingerprint density at radius 1 is 1.09 bits per heavy atom. The summed E-state index contributed by atoms with van der Waals surface area (Å²) >= 11 is 6.07. The smallest absolute Gasteiger partial charge is 0.251 e. The molecule has 1 N–H and O–H groups in total. The molecule has 1 amide bonds. The second kappa shape index (κ2) is 11.2. The Balaban J connectivity index is 1.32. The summed E-state index contributed by atoms with van der Waals surface area (Å²) < 4.78 is 21.2. The number of nitrogens with one attached hydrogen (secondary N) is 1. The molecule has 0 spiro atoms. The van der Waals surface area contributed by atoms with Crippen LogP contribution in [0.5, 0.6) is 5.75 Å². The molecule has 4 aromatic rings. The van der Waals surface area contributed by atoms with Gasteiger partial charge in [-0.25, -0.2) is 9.37 Å². The number of para-hydroxylation sites is 2. The molecule has 0 aliphatic carbocycles. The maximum atomic E-state index is 13.1. The average molecular weight is 480 g/mol. The Morgan fingerprint density at radius 2 is 1.88 bits per heavy atom. The van der Waals surface area contributed by atoms with Crippen molar-refractivity contribution in [1.29, 1.82) is 0 Å². The van der Waals surface area contributed by atoms with Crippen molar-refractivity contribution in [2.24, 2.45) is 0 Å². The standard InChI is InChI=1S/C27H27ClFN3O2/c1-19-18-22(12-13-23(19)28)34-17-5-4-16-32-25-7-3-2-6-24(25)31-26(32)14-15-30-27(33)20-8-10-21(29)11-9-20/h2-3,6-13,18H,4-5,14-17H2,1H3,(H,30,33). The molecule has 3 aromatic carbocycles. The molecule has 0 saturated heterocycles. The summed E-state index contributed by atoms with van der Waals surface area (Å²) in [6.45, 7) is 3.84. The molecule has 0 radical (unpaired) electrons. The largest absolute Gasteiger partial charge is 0.494 e. The summed E-state index contributed by atoms with van der Waals surface area (Å²) in [6.07, 6.45) is 2.43. The van der Waals surface area contributed by atoms with Gasteiger partial charge in [0.25, 0.3) is 5.91 Å². The Labute approximate surface area is 203 Å². The number of rotatable bonds is 10. The molecular weight excluding hydrogens is 453 g/mol. The Hall–Kier alpha value is -3.38. The van der Waals surface area contributed by atoms with E-state index in [2.05, 4.69) is 16.0 Å². The monoisotopic (exact) mass is 479 g/mol. The summed E-state index contributed by atoms with van der Waals surface area (Å²) in [6, 6.07) is 19.3. The zero-order valence-electron chi connectivity index (χ0n) is 19.1. The summed E-state index contributed by atoms with van der Waals surface area (Å²) in [4.78, 5) is 17.1. The van der Waals surface area contributed by atoms with E-state index in [-0.39, 0.29) is 11.7 Å². The Kier molecular flexibility index (Phi) is 7.80. The van der Waals surface area contributed by atoms with E-state index in [4.69, 9.17) is 21.3 Å². The highest BCUT2D eigenvalue weighted by atomic mass is 35.5. The number of benzene rings is 3. The lowest BCUT2D eigenvalue weighted by molar-refractivity contribution is 0.0954. The topological polar surface area (TPSA) is 56.1 Å². The highest BCUT2D eigenvalue weighted by Crippen LogP contribution is 2.21. The van der Waals surface area contributed by atoms with Gasteiger partial charge in [0, 0.05) is 30.1 Å². The van der Waals surface area contributed by atoms with Crippen LogP contribution in [0.25, 0.3) is 11.0 Å². The second-order valence-corrected chi connectivity index (χ2v) is 8.55. The predicted molar refractivity (Wildman–Crippen MR) is 133 cm³/mol. The first-order valence-electron chi connectivity index (χ1n) is 11.4. The molecule has 0 aliphatic heterocycles. The number of fused-ring (bicyclic) bond motifs is 1. The number of amides is 1. The first kappa shape index (κ1) is 23.8. The molecule has 1 aromatic heterocycles. The number of ether oxygens (including phenoxy) is 1. The third kappa shape index (κ3) is 5.94. The van der Waals surface area contributed by atoms with E-state index in [1.807, 2.05) is 43.3 Å². The van der Waals surface area contributed by atoms with Gasteiger partial charge < -0.3 is 14.6 Å². The molecule has 1 heterocycles. The van der Waals surface area contributed by atoms with E-state index in [0.717, 1.165) is 52.6 Å². The maximum Gasteiger partial charge on any atom is 0.251 e. The van der Waals surface area contributed by atoms with Crippen LogP contribution < -0.4 is 10.1 Å². The zero-order chi connectivity index (χ0) is 23.9. The highest BCUT2D eigenvalue weighted by molar-refractivity contribution is 6.31. The van der Waals surface area contributed by atoms with E-state index < -0.39 is 0 Å². The van der Waals surface area contributed by atoms with Crippen molar-refractivity contribution in [3.8, 4) is 5.75 Å². The van der Waals surface area contributed by atoms with Crippen molar-refractivity contribution >= 4 is 28.5 Å². The van der Waals surface area contributed by atoms with Crippen LogP contribution in [0.4, 0.5) is 4.39 Å². The molecule has 0 bridgehead atoms. The summed E-state index contributed by atoms with van der Waals surface area (Å²) in [5, 5.41) is 3.63. The van der Waals surface area contributed by atoms with Crippen LogP contribution in [0.2, 0.25) is 5.02 Å². The molecule has 5 nitrogen and oxygen atoms in total. The lowest BCUT2D eigenvalue weighted by Crippen LogP contribution is -2.26. The van der Waals surface area contributed by atoms with Gasteiger partial charge in [0.1, 0.15) is 17.4 Å². The van der Waals surface area contributed by atoms with E-state index in [1.54, 1.807) is 0 Å². The van der Waals surface area contributed by atoms with Gasteiger partial charge in [-0.05, 0) is 79.9 Å². The van der Waals surface area contributed by atoms with E-state index in [9.17, 15) is 9.18 Å². The van der Waals surface area contributed by atoms with Crippen molar-refractivity contribution in [1.82, 2.24) is 14.9 Å². The first-order valence-corrected chi connectivity index (χ1v) is 11.8. The quantitative estimate of drug-likeness (QED) is 0.285. The minimum atomic E-state index is -0.362. The number of imidazole rings is 1. The molecule has 7 heteroatoms. The molecule has 0 fully saturated rings. The van der Waals surface area contributed by atoms with Crippen LogP contribution in [0.15, 0.2) is 66.7 Å². The normalized spacial score (nSPS) is 11.0. The number of aromatic nitrogens is 2. The molecule has 0 atom stereocenters. The summed E-state index contributed by atoms with van der Waals surface area (Å²) in [5.41, 5.74) is 3.46. The van der Waals surface area contributed by atoms with Crippen molar-refractivity contribution in [2.45, 2.75) is 32.7 Å². The van der Waals surface area contributed by atoms with Gasteiger partial charge in [-0.15, -0.1) is 0 Å². The number of carbonyl (C=O) groups is 1. The van der Waals surface area contributed by atoms with Crippen LogP contribution in [-0.4, -0.2) is 28.6 Å². The zero-order valence-corrected chi connectivity index (χ0v) is 19.8. The molecule has 34 heavy (non-hydrogen) atoms. The fourth-order valence-electron chi connectivity index (χ4n) is 3.83. The second-order valence-electron chi connectivity index (χ2n) is 8.15. The molecular formula is C27H27ClFN3O2. The van der Waals surface area contributed by atoms with Gasteiger partial charge in [0.05, 0.1) is 17.6 Å². The van der Waals surface area contributed by atoms with Gasteiger partial charge in [-0.2, -0.15) is 0 Å². The predicted octanol–water partition coefficient (Wildman–Crippen LogP) is 5.97. The number of hydrogen-bond acceptors (Lipinski definition) is 3. The minimum absolute atomic E-state index is 0.225. The number of hydrogen-bond donors (Lipinski definition) is 1. The molecule has 4 rings (SSSR count). The third-order valence-electron chi connectivity index (χ3n) is 5.65. The van der Waals surface area contributed by atoms with Crippen LogP contribution >= 0.6 is 11.6 Å². The van der Waals surface area contributed by atoms with Gasteiger partial charge >= 0.3 is 0 Å². The van der Waals surface area contributed by atoms with Crippen LogP contribution in [0.1, 0.15) is 34.6 Å². The van der Waals surface area contributed by atoms with Crippen molar-refractivity contribution < 1.29 is 13.9 Å².